The van der Waals surface area contributed by atoms with Crippen LogP contribution in [-0.4, -0.2) is 50.5 Å². The van der Waals surface area contributed by atoms with E-state index < -0.39 is 39.5 Å². The van der Waals surface area contributed by atoms with Crippen molar-refractivity contribution in [1.29, 1.82) is 0 Å². The lowest BCUT2D eigenvalue weighted by Gasteiger charge is -2.37. The molecule has 2 atom stereocenters. The Morgan fingerprint density at radius 2 is 1.82 bits per heavy atom. The molecule has 3 aromatic rings. The highest BCUT2D eigenvalue weighted by Gasteiger charge is 2.42. The molecule has 12 heteroatoms. The number of hydrogen-bond donors (Lipinski definition) is 1. The number of hydrogen-bond acceptors (Lipinski definition) is 5. The summed E-state index contributed by atoms with van der Waals surface area (Å²) < 4.78 is 67.4. The Hall–Kier alpha value is -3.38. The molecule has 0 aliphatic rings. The van der Waals surface area contributed by atoms with E-state index in [1.807, 2.05) is 0 Å². The van der Waals surface area contributed by atoms with Crippen LogP contribution >= 0.6 is 0 Å². The van der Waals surface area contributed by atoms with Gasteiger partial charge in [0, 0.05) is 11.6 Å². The molecular weight excluding hydrogens is 461 g/mol. The molecule has 1 aromatic heterocycles. The number of quaternary nitrogens is 1. The van der Waals surface area contributed by atoms with Crippen LogP contribution in [0.5, 0.6) is 0 Å². The average Bonchev–Trinajstić information content (AvgIpc) is 3.25. The van der Waals surface area contributed by atoms with Crippen molar-refractivity contribution >= 4 is 5.90 Å². The summed E-state index contributed by atoms with van der Waals surface area (Å²) in [5.74, 6) is -2.65. The van der Waals surface area contributed by atoms with Crippen molar-refractivity contribution in [3.05, 3.63) is 83.4 Å². The highest BCUT2D eigenvalue weighted by Crippen LogP contribution is 2.31. The van der Waals surface area contributed by atoms with Crippen LogP contribution in [0.25, 0.3) is 0 Å². The van der Waals surface area contributed by atoms with E-state index in [4.69, 9.17) is 0 Å². The van der Waals surface area contributed by atoms with Crippen molar-refractivity contribution in [1.82, 2.24) is 14.8 Å². The van der Waals surface area contributed by atoms with Gasteiger partial charge in [-0.15, -0.1) is 0 Å². The second kappa shape index (κ2) is 9.47. The zero-order valence-electron chi connectivity index (χ0n) is 18.3. The molecule has 1 N–H and O–H groups in total. The molecular formula is C22H22F5N5O2. The number of rotatable bonds is 8. The number of benzene rings is 2. The van der Waals surface area contributed by atoms with Crippen LogP contribution in [0.4, 0.5) is 22.0 Å². The third-order valence-corrected chi connectivity index (χ3v) is 5.40. The zero-order chi connectivity index (χ0) is 25.1. The number of nitrogens with zero attached hydrogens (tertiary/aromatic N) is 5. The lowest BCUT2D eigenvalue weighted by molar-refractivity contribution is -0.922. The predicted molar refractivity (Wildman–Crippen MR) is 110 cm³/mol. The van der Waals surface area contributed by atoms with Crippen LogP contribution in [-0.2, 0) is 18.3 Å². The smallest absolute Gasteiger partial charge is 0.416 e. The molecule has 0 saturated carbocycles. The van der Waals surface area contributed by atoms with Crippen molar-refractivity contribution in [2.75, 3.05) is 20.1 Å². The third kappa shape index (κ3) is 5.75. The summed E-state index contributed by atoms with van der Waals surface area (Å²) in [7, 11) is 1.50. The van der Waals surface area contributed by atoms with Crippen LogP contribution in [0.1, 0.15) is 23.6 Å². The normalized spacial score (nSPS) is 16.2. The Balaban J connectivity index is 1.98. The van der Waals surface area contributed by atoms with Gasteiger partial charge in [0.15, 0.2) is 5.60 Å². The Kier molecular flexibility index (Phi) is 7.03. The van der Waals surface area contributed by atoms with Crippen LogP contribution in [0, 0.1) is 11.6 Å². The van der Waals surface area contributed by atoms with Crippen molar-refractivity contribution in [2.45, 2.75) is 25.2 Å². The van der Waals surface area contributed by atoms with Gasteiger partial charge in [0.2, 0.25) is 0 Å². The highest BCUT2D eigenvalue weighted by molar-refractivity contribution is 5.90. The van der Waals surface area contributed by atoms with Gasteiger partial charge in [0.25, 0.3) is 0 Å². The van der Waals surface area contributed by atoms with E-state index in [0.29, 0.717) is 6.07 Å². The maximum Gasteiger partial charge on any atom is 0.416 e. The molecule has 34 heavy (non-hydrogen) atoms. The molecule has 3 rings (SSSR count). The van der Waals surface area contributed by atoms with Gasteiger partial charge in [0.05, 0.1) is 25.1 Å². The fraction of sp³-hybridized carbons (Fsp3) is 0.318. The lowest BCUT2D eigenvalue weighted by atomic mass is 9.92. The molecule has 0 aliphatic carbocycles. The van der Waals surface area contributed by atoms with Gasteiger partial charge < -0.3 is 10.2 Å². The van der Waals surface area contributed by atoms with Gasteiger partial charge in [-0.3, -0.25) is 0 Å². The first kappa shape index (κ1) is 25.2. The van der Waals surface area contributed by atoms with E-state index in [0.717, 1.165) is 36.4 Å². The minimum absolute atomic E-state index is 0.0846. The van der Waals surface area contributed by atoms with Crippen LogP contribution in [0.2, 0.25) is 0 Å². The van der Waals surface area contributed by atoms with E-state index in [1.165, 1.54) is 24.4 Å². The first-order valence-corrected chi connectivity index (χ1v) is 10.1. The largest absolute Gasteiger partial charge is 0.855 e. The van der Waals surface area contributed by atoms with Gasteiger partial charge in [-0.05, 0) is 36.8 Å². The summed E-state index contributed by atoms with van der Waals surface area (Å²) >= 11 is 0. The lowest BCUT2D eigenvalue weighted by Crippen LogP contribution is -2.52. The molecule has 0 fully saturated rings. The summed E-state index contributed by atoms with van der Waals surface area (Å²) in [6, 6.07) is 6.28. The second-order valence-corrected chi connectivity index (χ2v) is 8.04. The quantitative estimate of drug-likeness (QED) is 0.176. The number of aromatic nitrogens is 3. The summed E-state index contributed by atoms with van der Waals surface area (Å²) in [5.41, 5.74) is -3.23. The van der Waals surface area contributed by atoms with E-state index in [2.05, 4.69) is 15.2 Å². The number of likely N-dealkylation sites (N-methyl/N-ethyl adjacent to an activating group) is 1. The van der Waals surface area contributed by atoms with Crippen molar-refractivity contribution in [3.63, 3.8) is 0 Å². The molecule has 1 heterocycles. The van der Waals surface area contributed by atoms with Gasteiger partial charge in [-0.25, -0.2) is 18.4 Å². The van der Waals surface area contributed by atoms with Crippen molar-refractivity contribution < 1.29 is 36.8 Å². The average molecular weight is 483 g/mol. The maximum atomic E-state index is 14.7. The maximum absolute atomic E-state index is 14.7. The molecule has 0 radical (unpaired) electrons. The van der Waals surface area contributed by atoms with Crippen LogP contribution in [0.3, 0.4) is 0 Å². The molecule has 0 aliphatic heterocycles. The predicted octanol–water partition coefficient (Wildman–Crippen LogP) is 2.65. The molecule has 0 spiro atoms. The van der Waals surface area contributed by atoms with Gasteiger partial charge in [-0.2, -0.15) is 22.9 Å². The highest BCUT2D eigenvalue weighted by atomic mass is 19.4. The fourth-order valence-electron chi connectivity index (χ4n) is 3.53. The first-order chi connectivity index (χ1) is 15.8. The summed E-state index contributed by atoms with van der Waals surface area (Å²) in [6.07, 6.45) is -2.04. The number of halogens is 5. The monoisotopic (exact) mass is 483 g/mol. The molecule has 0 saturated heterocycles. The summed E-state index contributed by atoms with van der Waals surface area (Å²) in [5, 5.41) is 32.3. The molecule has 0 amide bonds. The molecule has 0 bridgehead atoms. The molecule has 182 valence electrons. The Bertz CT molecular complexity index is 1150. The number of alkyl halides is 3. The van der Waals surface area contributed by atoms with Gasteiger partial charge >= 0.3 is 6.18 Å². The Morgan fingerprint density at radius 1 is 1.15 bits per heavy atom. The van der Waals surface area contributed by atoms with Crippen molar-refractivity contribution in [3.8, 4) is 0 Å². The van der Waals surface area contributed by atoms with Crippen LogP contribution in [0.15, 0.2) is 60.2 Å². The van der Waals surface area contributed by atoms with Gasteiger partial charge in [0.1, 0.15) is 37.4 Å². The van der Waals surface area contributed by atoms with Gasteiger partial charge in [-0.1, -0.05) is 17.2 Å². The molecule has 2 unspecified atom stereocenters. The van der Waals surface area contributed by atoms with Crippen molar-refractivity contribution in [2.24, 2.45) is 5.10 Å². The van der Waals surface area contributed by atoms with Crippen LogP contribution < -0.4 is 5.11 Å². The standard InChI is InChI=1S/C22H22F5N5O2/c1-3-32(2,30-20(33)15-4-6-16(7-5-15)22(25,26)27)12-21(34,11-31-14-28-13-29-31)18-9-8-17(23)10-19(18)24/h4-10,13-14,34H,3,11-12H2,1-2H3. The minimum Gasteiger partial charge on any atom is -0.855 e. The topological polar surface area (TPSA) is 86.4 Å². The number of aliphatic hydroxyl groups is 1. The summed E-state index contributed by atoms with van der Waals surface area (Å²) in [4.78, 5) is 3.79. The molecule has 7 nitrogen and oxygen atoms in total. The zero-order valence-corrected chi connectivity index (χ0v) is 18.3. The van der Waals surface area contributed by atoms with E-state index in [1.54, 1.807) is 6.92 Å². The van der Waals surface area contributed by atoms with E-state index >= 15 is 0 Å². The third-order valence-electron chi connectivity index (χ3n) is 5.40. The molecule has 2 aromatic carbocycles. The summed E-state index contributed by atoms with van der Waals surface area (Å²) in [6.45, 7) is 1.21. The Morgan fingerprint density at radius 3 is 2.35 bits per heavy atom. The van der Waals surface area contributed by atoms with E-state index in [-0.39, 0.29) is 30.8 Å². The Labute approximate surface area is 192 Å². The first-order valence-electron chi connectivity index (χ1n) is 10.1. The second-order valence-electron chi connectivity index (χ2n) is 8.04. The fourth-order valence-corrected chi connectivity index (χ4v) is 3.53. The minimum atomic E-state index is -4.55. The SMILES string of the molecule is CC[N+](C)(CC(O)(Cn1cncn1)c1ccc(F)cc1F)/N=C(/[O-])c1ccc(C(F)(F)F)cc1. The van der Waals surface area contributed by atoms with E-state index in [9.17, 15) is 32.2 Å².